The molecular weight excluding hydrogens is 302 g/mol. The largest absolute Gasteiger partial charge is 0.492 e. The standard InChI is InChI=1S/C13H18ClNO4S/c14-10-5-6-12(13(9-10)20(15,16)17)19-8-2-4-11-3-1-7-18-11/h5-6,9,11H,1-4,7-8H2,(H2,15,16,17). The molecule has 1 aromatic carbocycles. The van der Waals surface area contributed by atoms with E-state index in [1.807, 2.05) is 0 Å². The summed E-state index contributed by atoms with van der Waals surface area (Å²) < 4.78 is 33.9. The molecule has 0 aromatic heterocycles. The van der Waals surface area contributed by atoms with E-state index < -0.39 is 10.0 Å². The van der Waals surface area contributed by atoms with E-state index in [1.54, 1.807) is 6.07 Å². The average Bonchev–Trinajstić information content (AvgIpc) is 2.88. The minimum Gasteiger partial charge on any atom is -0.492 e. The third-order valence-corrected chi connectivity index (χ3v) is 4.33. The van der Waals surface area contributed by atoms with Crippen LogP contribution in [0.5, 0.6) is 5.75 Å². The lowest BCUT2D eigenvalue weighted by molar-refractivity contribution is 0.0980. The summed E-state index contributed by atoms with van der Waals surface area (Å²) in [4.78, 5) is -0.0814. The molecule has 1 heterocycles. The van der Waals surface area contributed by atoms with E-state index in [1.165, 1.54) is 12.1 Å². The Balaban J connectivity index is 1.92. The summed E-state index contributed by atoms with van der Waals surface area (Å²) in [5.41, 5.74) is 0. The highest BCUT2D eigenvalue weighted by atomic mass is 35.5. The summed E-state index contributed by atoms with van der Waals surface area (Å²) >= 11 is 5.78. The monoisotopic (exact) mass is 319 g/mol. The molecule has 0 saturated carbocycles. The smallest absolute Gasteiger partial charge is 0.241 e. The molecule has 1 saturated heterocycles. The van der Waals surface area contributed by atoms with Gasteiger partial charge in [0.2, 0.25) is 10.0 Å². The summed E-state index contributed by atoms with van der Waals surface area (Å²) in [6.45, 7) is 1.25. The Hall–Kier alpha value is -0.820. The molecule has 1 unspecified atom stereocenters. The molecule has 1 fully saturated rings. The fraction of sp³-hybridized carbons (Fsp3) is 0.538. The summed E-state index contributed by atoms with van der Waals surface area (Å²) in [6.07, 6.45) is 4.22. The van der Waals surface area contributed by atoms with Gasteiger partial charge in [0, 0.05) is 11.6 Å². The predicted octanol–water partition coefficient (Wildman–Crippen LogP) is 2.33. The highest BCUT2D eigenvalue weighted by Crippen LogP contribution is 2.26. The van der Waals surface area contributed by atoms with Gasteiger partial charge in [0.25, 0.3) is 0 Å². The van der Waals surface area contributed by atoms with Gasteiger partial charge in [-0.15, -0.1) is 0 Å². The van der Waals surface area contributed by atoms with Crippen LogP contribution in [-0.2, 0) is 14.8 Å². The number of sulfonamides is 1. The van der Waals surface area contributed by atoms with Crippen LogP contribution >= 0.6 is 11.6 Å². The van der Waals surface area contributed by atoms with Crippen LogP contribution in [0.2, 0.25) is 5.02 Å². The molecule has 5 nitrogen and oxygen atoms in total. The van der Waals surface area contributed by atoms with Crippen molar-refractivity contribution < 1.29 is 17.9 Å². The van der Waals surface area contributed by atoms with Gasteiger partial charge in [0.15, 0.2) is 0 Å². The number of hydrogen-bond donors (Lipinski definition) is 1. The molecule has 1 aromatic rings. The zero-order valence-corrected chi connectivity index (χ0v) is 12.6. The first-order chi connectivity index (χ1) is 9.47. The Morgan fingerprint density at radius 3 is 2.90 bits per heavy atom. The molecular formula is C13H18ClNO4S. The van der Waals surface area contributed by atoms with E-state index in [4.69, 9.17) is 26.2 Å². The van der Waals surface area contributed by atoms with Crippen molar-refractivity contribution in [3.63, 3.8) is 0 Å². The van der Waals surface area contributed by atoms with Gasteiger partial charge in [-0.1, -0.05) is 11.6 Å². The van der Waals surface area contributed by atoms with Crippen molar-refractivity contribution in [3.05, 3.63) is 23.2 Å². The van der Waals surface area contributed by atoms with Crippen LogP contribution < -0.4 is 9.88 Å². The van der Waals surface area contributed by atoms with E-state index in [0.29, 0.717) is 17.7 Å². The van der Waals surface area contributed by atoms with Gasteiger partial charge in [-0.25, -0.2) is 13.6 Å². The predicted molar refractivity (Wildman–Crippen MR) is 76.5 cm³/mol. The third-order valence-electron chi connectivity index (χ3n) is 3.16. The minimum atomic E-state index is -3.84. The summed E-state index contributed by atoms with van der Waals surface area (Å²) in [7, 11) is -3.84. The van der Waals surface area contributed by atoms with Gasteiger partial charge in [0.1, 0.15) is 10.6 Å². The van der Waals surface area contributed by atoms with Crippen molar-refractivity contribution in [2.75, 3.05) is 13.2 Å². The summed E-state index contributed by atoms with van der Waals surface area (Å²) in [5, 5.41) is 5.45. The number of primary sulfonamides is 1. The zero-order chi connectivity index (χ0) is 14.6. The van der Waals surface area contributed by atoms with Crippen LogP contribution in [0.25, 0.3) is 0 Å². The van der Waals surface area contributed by atoms with Gasteiger partial charge < -0.3 is 9.47 Å². The highest BCUT2D eigenvalue weighted by Gasteiger charge is 2.17. The van der Waals surface area contributed by atoms with Gasteiger partial charge in [-0.2, -0.15) is 0 Å². The summed E-state index contributed by atoms with van der Waals surface area (Å²) in [6, 6.07) is 4.39. The zero-order valence-electron chi connectivity index (χ0n) is 11.0. The average molecular weight is 320 g/mol. The Morgan fingerprint density at radius 1 is 1.45 bits per heavy atom. The summed E-state index contributed by atoms with van der Waals surface area (Å²) in [5.74, 6) is 0.240. The Morgan fingerprint density at radius 2 is 2.25 bits per heavy atom. The normalized spacial score (nSPS) is 19.2. The van der Waals surface area contributed by atoms with Crippen molar-refractivity contribution in [3.8, 4) is 5.75 Å². The molecule has 2 N–H and O–H groups in total. The molecule has 1 aliphatic rings. The van der Waals surface area contributed by atoms with Gasteiger partial charge in [-0.3, -0.25) is 0 Å². The van der Waals surface area contributed by atoms with Crippen molar-refractivity contribution in [2.24, 2.45) is 5.14 Å². The maximum absolute atomic E-state index is 11.5. The molecule has 0 amide bonds. The van der Waals surface area contributed by atoms with E-state index in [2.05, 4.69) is 0 Å². The Bertz CT molecular complexity index is 555. The van der Waals surface area contributed by atoms with Crippen LogP contribution in [0.15, 0.2) is 23.1 Å². The maximum Gasteiger partial charge on any atom is 0.241 e. The quantitative estimate of drug-likeness (QED) is 0.816. The van der Waals surface area contributed by atoms with Gasteiger partial charge in [0.05, 0.1) is 12.7 Å². The van der Waals surface area contributed by atoms with Crippen molar-refractivity contribution in [1.82, 2.24) is 0 Å². The lowest BCUT2D eigenvalue weighted by Gasteiger charge is -2.12. The molecule has 7 heteroatoms. The third kappa shape index (κ3) is 4.34. The number of hydrogen-bond acceptors (Lipinski definition) is 4. The second-order valence-electron chi connectivity index (χ2n) is 4.76. The topological polar surface area (TPSA) is 78.6 Å². The number of ether oxygens (including phenoxy) is 2. The van der Waals surface area contributed by atoms with E-state index in [-0.39, 0.29) is 10.6 Å². The number of rotatable bonds is 6. The van der Waals surface area contributed by atoms with Crippen LogP contribution in [0, 0.1) is 0 Å². The van der Waals surface area contributed by atoms with E-state index in [9.17, 15) is 8.42 Å². The number of halogens is 1. The van der Waals surface area contributed by atoms with Gasteiger partial charge >= 0.3 is 0 Å². The van der Waals surface area contributed by atoms with Crippen molar-refractivity contribution in [2.45, 2.75) is 36.7 Å². The molecule has 0 bridgehead atoms. The maximum atomic E-state index is 11.5. The second kappa shape index (κ2) is 6.76. The van der Waals surface area contributed by atoms with Crippen LogP contribution in [-0.4, -0.2) is 27.7 Å². The lowest BCUT2D eigenvalue weighted by atomic mass is 10.1. The molecule has 1 aliphatic heterocycles. The molecule has 2 rings (SSSR count). The molecule has 0 radical (unpaired) electrons. The van der Waals surface area contributed by atoms with Crippen molar-refractivity contribution >= 4 is 21.6 Å². The fourth-order valence-electron chi connectivity index (χ4n) is 2.19. The molecule has 112 valence electrons. The first-order valence-electron chi connectivity index (χ1n) is 6.53. The van der Waals surface area contributed by atoms with Crippen LogP contribution in [0.3, 0.4) is 0 Å². The molecule has 0 aliphatic carbocycles. The van der Waals surface area contributed by atoms with Crippen LogP contribution in [0.1, 0.15) is 25.7 Å². The first-order valence-corrected chi connectivity index (χ1v) is 8.46. The van der Waals surface area contributed by atoms with Crippen molar-refractivity contribution in [1.29, 1.82) is 0 Å². The first kappa shape index (κ1) is 15.6. The fourth-order valence-corrected chi connectivity index (χ4v) is 3.12. The van der Waals surface area contributed by atoms with E-state index >= 15 is 0 Å². The van der Waals surface area contributed by atoms with Gasteiger partial charge in [-0.05, 0) is 43.9 Å². The van der Waals surface area contributed by atoms with Crippen LogP contribution in [0.4, 0.5) is 0 Å². The SMILES string of the molecule is NS(=O)(=O)c1cc(Cl)ccc1OCCCC1CCCO1. The highest BCUT2D eigenvalue weighted by molar-refractivity contribution is 7.89. The minimum absolute atomic E-state index is 0.0814. The molecule has 20 heavy (non-hydrogen) atoms. The number of benzene rings is 1. The number of nitrogens with two attached hydrogens (primary N) is 1. The Kier molecular flexibility index (Phi) is 5.26. The van der Waals surface area contributed by atoms with E-state index in [0.717, 1.165) is 32.3 Å². The Labute approximate surface area is 124 Å². The second-order valence-corrected chi connectivity index (χ2v) is 6.73. The lowest BCUT2D eigenvalue weighted by Crippen LogP contribution is -2.14. The molecule has 1 atom stereocenters. The molecule has 0 spiro atoms.